The van der Waals surface area contributed by atoms with Crippen LogP contribution in [0.5, 0.6) is 5.75 Å². The molecule has 1 atom stereocenters. The van der Waals surface area contributed by atoms with Gasteiger partial charge in [-0.25, -0.2) is 4.98 Å². The van der Waals surface area contributed by atoms with E-state index in [1.165, 1.54) is 0 Å². The first-order chi connectivity index (χ1) is 10.7. The molecule has 6 heteroatoms. The molecule has 0 amide bonds. The highest BCUT2D eigenvalue weighted by molar-refractivity contribution is 5.51. The first-order valence-corrected chi connectivity index (χ1v) is 7.63. The van der Waals surface area contributed by atoms with Gasteiger partial charge < -0.3 is 15.8 Å². The largest absolute Gasteiger partial charge is 0.483 e. The van der Waals surface area contributed by atoms with Gasteiger partial charge in [-0.3, -0.25) is 4.98 Å². The molecule has 0 spiro atoms. The van der Waals surface area contributed by atoms with Crippen LogP contribution in [0.15, 0.2) is 30.7 Å². The summed E-state index contributed by atoms with van der Waals surface area (Å²) in [4.78, 5) is 12.4. The van der Waals surface area contributed by atoms with Crippen molar-refractivity contribution < 1.29 is 4.74 Å². The minimum Gasteiger partial charge on any atom is -0.483 e. The number of nitrogens with zero attached hydrogens (tertiary/aromatic N) is 3. The molecule has 0 unspecified atom stereocenters. The molecule has 0 aliphatic heterocycles. The van der Waals surface area contributed by atoms with Crippen LogP contribution >= 0.6 is 0 Å². The van der Waals surface area contributed by atoms with Crippen molar-refractivity contribution in [3.8, 4) is 5.75 Å². The van der Waals surface area contributed by atoms with Gasteiger partial charge in [0, 0.05) is 24.0 Å². The Kier molecular flexibility index (Phi) is 5.94. The Morgan fingerprint density at radius 3 is 2.86 bits per heavy atom. The number of aromatic nitrogens is 3. The van der Waals surface area contributed by atoms with E-state index in [-0.39, 0.29) is 5.95 Å². The molecule has 2 rings (SSSR count). The lowest BCUT2D eigenvalue weighted by Gasteiger charge is -2.19. The molecule has 2 aromatic rings. The molecule has 0 aromatic carbocycles. The summed E-state index contributed by atoms with van der Waals surface area (Å²) >= 11 is 0. The fourth-order valence-corrected chi connectivity index (χ4v) is 2.16. The lowest BCUT2D eigenvalue weighted by atomic mass is 10.1. The van der Waals surface area contributed by atoms with Gasteiger partial charge in [0.1, 0.15) is 6.61 Å². The van der Waals surface area contributed by atoms with Gasteiger partial charge in [-0.2, -0.15) is 4.98 Å². The summed E-state index contributed by atoms with van der Waals surface area (Å²) in [5.74, 6) is 1.49. The van der Waals surface area contributed by atoms with E-state index >= 15 is 0 Å². The van der Waals surface area contributed by atoms with E-state index in [0.29, 0.717) is 24.2 Å². The Balaban J connectivity index is 2.09. The molecule has 2 aromatic heterocycles. The fourth-order valence-electron chi connectivity index (χ4n) is 2.16. The first-order valence-electron chi connectivity index (χ1n) is 7.63. The number of nitrogens with two attached hydrogens (primary N) is 1. The third-order valence-corrected chi connectivity index (χ3v) is 3.36. The van der Waals surface area contributed by atoms with E-state index in [0.717, 1.165) is 24.8 Å². The summed E-state index contributed by atoms with van der Waals surface area (Å²) in [5, 5.41) is 3.40. The summed E-state index contributed by atoms with van der Waals surface area (Å²) < 4.78 is 5.82. The van der Waals surface area contributed by atoms with Crippen LogP contribution in [0.3, 0.4) is 0 Å². The summed E-state index contributed by atoms with van der Waals surface area (Å²) in [6, 6.07) is 4.19. The molecule has 0 saturated carbocycles. The average molecular weight is 301 g/mol. The maximum absolute atomic E-state index is 5.82. The van der Waals surface area contributed by atoms with Gasteiger partial charge in [0.15, 0.2) is 11.6 Å². The van der Waals surface area contributed by atoms with Crippen molar-refractivity contribution in [2.75, 3.05) is 11.1 Å². The molecule has 0 bridgehead atoms. The van der Waals surface area contributed by atoms with Crippen molar-refractivity contribution >= 4 is 11.8 Å². The Hall–Kier alpha value is -2.37. The Morgan fingerprint density at radius 1 is 1.32 bits per heavy atom. The number of hydrogen-bond donors (Lipinski definition) is 2. The van der Waals surface area contributed by atoms with Crippen molar-refractivity contribution in [2.45, 2.75) is 45.8 Å². The second-order valence-electron chi connectivity index (χ2n) is 5.13. The van der Waals surface area contributed by atoms with Gasteiger partial charge in [0.2, 0.25) is 5.95 Å². The van der Waals surface area contributed by atoms with Gasteiger partial charge in [-0.1, -0.05) is 26.3 Å². The smallest absolute Gasteiger partial charge is 0.222 e. The highest BCUT2D eigenvalue weighted by Crippen LogP contribution is 2.24. The summed E-state index contributed by atoms with van der Waals surface area (Å²) in [6.07, 6.45) is 8.32. The average Bonchev–Trinajstić information content (AvgIpc) is 2.54. The standard InChI is InChI=1S/C16H23N5O/c1-3-6-13(4-2)20-15-14(10-19-16(17)21-15)22-11-12-7-5-8-18-9-12/h5,7-10,13H,3-4,6,11H2,1-2H3,(H3,17,19,20,21)/t13-/m1/s1. The number of rotatable bonds is 8. The predicted molar refractivity (Wildman–Crippen MR) is 87.6 cm³/mol. The lowest BCUT2D eigenvalue weighted by Crippen LogP contribution is -2.20. The molecule has 22 heavy (non-hydrogen) atoms. The number of anilines is 2. The molecule has 118 valence electrons. The van der Waals surface area contributed by atoms with Crippen molar-refractivity contribution in [1.29, 1.82) is 0 Å². The molecular formula is C16H23N5O. The van der Waals surface area contributed by atoms with Crippen molar-refractivity contribution in [1.82, 2.24) is 15.0 Å². The second-order valence-corrected chi connectivity index (χ2v) is 5.13. The maximum Gasteiger partial charge on any atom is 0.222 e. The monoisotopic (exact) mass is 301 g/mol. The summed E-state index contributed by atoms with van der Waals surface area (Å²) in [5.41, 5.74) is 6.69. The molecule has 0 aliphatic rings. The number of nitrogens with one attached hydrogen (secondary N) is 1. The highest BCUT2D eigenvalue weighted by Gasteiger charge is 2.12. The van der Waals surface area contributed by atoms with E-state index in [2.05, 4.69) is 34.1 Å². The summed E-state index contributed by atoms with van der Waals surface area (Å²) in [7, 11) is 0. The zero-order valence-electron chi connectivity index (χ0n) is 13.1. The predicted octanol–water partition coefficient (Wildman–Crippen LogP) is 3.02. The van der Waals surface area contributed by atoms with Gasteiger partial charge in [-0.15, -0.1) is 0 Å². The van der Waals surface area contributed by atoms with Crippen molar-refractivity contribution in [2.24, 2.45) is 0 Å². The molecule has 3 N–H and O–H groups in total. The first kappa shape index (κ1) is 16.0. The Bertz CT molecular complexity index is 576. The highest BCUT2D eigenvalue weighted by atomic mass is 16.5. The molecule has 0 fully saturated rings. The zero-order valence-corrected chi connectivity index (χ0v) is 13.1. The topological polar surface area (TPSA) is 86.0 Å². The minimum atomic E-state index is 0.238. The van der Waals surface area contributed by atoms with Crippen LogP contribution in [0.4, 0.5) is 11.8 Å². The third kappa shape index (κ3) is 4.58. The second kappa shape index (κ2) is 8.17. The van der Waals surface area contributed by atoms with Crippen molar-refractivity contribution in [3.63, 3.8) is 0 Å². The molecule has 0 aliphatic carbocycles. The van der Waals surface area contributed by atoms with Gasteiger partial charge >= 0.3 is 0 Å². The van der Waals surface area contributed by atoms with Crippen LogP contribution in [0, 0.1) is 0 Å². The lowest BCUT2D eigenvalue weighted by molar-refractivity contribution is 0.304. The molecule has 0 radical (unpaired) electrons. The van der Waals surface area contributed by atoms with Gasteiger partial charge in [0.25, 0.3) is 0 Å². The molecular weight excluding hydrogens is 278 g/mol. The van der Waals surface area contributed by atoms with Crippen LogP contribution in [0.2, 0.25) is 0 Å². The normalized spacial score (nSPS) is 11.9. The van der Waals surface area contributed by atoms with Crippen LogP contribution in [-0.2, 0) is 6.61 Å². The van der Waals surface area contributed by atoms with Gasteiger partial charge in [-0.05, 0) is 18.9 Å². The molecule has 2 heterocycles. The number of ether oxygens (including phenoxy) is 1. The van der Waals surface area contributed by atoms with E-state index in [9.17, 15) is 0 Å². The van der Waals surface area contributed by atoms with E-state index in [4.69, 9.17) is 10.5 Å². The Morgan fingerprint density at radius 2 is 2.18 bits per heavy atom. The van der Waals surface area contributed by atoms with Crippen molar-refractivity contribution in [3.05, 3.63) is 36.3 Å². The van der Waals surface area contributed by atoms with E-state index in [1.807, 2.05) is 12.1 Å². The van der Waals surface area contributed by atoms with Crippen LogP contribution in [-0.4, -0.2) is 21.0 Å². The van der Waals surface area contributed by atoms with Crippen LogP contribution in [0.25, 0.3) is 0 Å². The van der Waals surface area contributed by atoms with E-state index in [1.54, 1.807) is 18.6 Å². The number of pyridine rings is 1. The van der Waals surface area contributed by atoms with Gasteiger partial charge in [0.05, 0.1) is 6.20 Å². The van der Waals surface area contributed by atoms with Crippen LogP contribution < -0.4 is 15.8 Å². The minimum absolute atomic E-state index is 0.238. The number of hydrogen-bond acceptors (Lipinski definition) is 6. The SMILES string of the molecule is CCC[C@@H](CC)Nc1nc(N)ncc1OCc1cccnc1. The zero-order chi connectivity index (χ0) is 15.8. The quantitative estimate of drug-likeness (QED) is 0.779. The third-order valence-electron chi connectivity index (χ3n) is 3.36. The summed E-state index contributed by atoms with van der Waals surface area (Å²) in [6.45, 7) is 4.73. The number of nitrogen functional groups attached to an aromatic ring is 1. The molecule has 6 nitrogen and oxygen atoms in total. The maximum atomic E-state index is 5.82. The Labute approximate surface area is 131 Å². The fraction of sp³-hybridized carbons (Fsp3) is 0.438. The van der Waals surface area contributed by atoms with E-state index < -0.39 is 0 Å². The molecule has 0 saturated heterocycles. The van der Waals surface area contributed by atoms with Crippen LogP contribution in [0.1, 0.15) is 38.7 Å².